The molecule has 1 heterocycles. The first-order valence-electron chi connectivity index (χ1n) is 7.39. The quantitative estimate of drug-likeness (QED) is 0.803. The molecule has 2 aromatic rings. The zero-order valence-electron chi connectivity index (χ0n) is 12.1. The molecule has 1 saturated carbocycles. The SMILES string of the molecule is O=C(Nc1ccc(SC2CCCC2)cc1)c1cncc(Br)c1. The van der Waals surface area contributed by atoms with Crippen LogP contribution in [0.3, 0.4) is 0 Å². The lowest BCUT2D eigenvalue weighted by Crippen LogP contribution is -2.12. The van der Waals surface area contributed by atoms with Gasteiger partial charge in [0.2, 0.25) is 0 Å². The maximum atomic E-state index is 12.2. The minimum atomic E-state index is -0.148. The van der Waals surface area contributed by atoms with Crippen molar-refractivity contribution in [2.24, 2.45) is 0 Å². The standard InChI is InChI=1S/C17H17BrN2OS/c18-13-9-12(10-19-11-13)17(21)20-14-5-7-16(8-6-14)22-15-3-1-2-4-15/h5-11,15H,1-4H2,(H,20,21). The molecule has 1 aromatic heterocycles. The predicted octanol–water partition coefficient (Wildman–Crippen LogP) is 5.13. The van der Waals surface area contributed by atoms with Gasteiger partial charge in [-0.15, -0.1) is 11.8 Å². The molecule has 0 bridgehead atoms. The summed E-state index contributed by atoms with van der Waals surface area (Å²) in [7, 11) is 0. The van der Waals surface area contributed by atoms with Crippen LogP contribution in [-0.4, -0.2) is 16.1 Å². The van der Waals surface area contributed by atoms with Crippen LogP contribution in [-0.2, 0) is 0 Å². The third-order valence-electron chi connectivity index (χ3n) is 3.68. The second kappa shape index (κ2) is 7.29. The molecule has 22 heavy (non-hydrogen) atoms. The highest BCUT2D eigenvalue weighted by atomic mass is 79.9. The third-order valence-corrected chi connectivity index (χ3v) is 5.47. The summed E-state index contributed by atoms with van der Waals surface area (Å²) in [5.74, 6) is -0.148. The number of carbonyl (C=O) groups is 1. The molecule has 1 aliphatic rings. The van der Waals surface area contributed by atoms with Gasteiger partial charge in [0.1, 0.15) is 0 Å². The molecule has 1 aliphatic carbocycles. The van der Waals surface area contributed by atoms with E-state index in [-0.39, 0.29) is 5.91 Å². The number of aromatic nitrogens is 1. The highest BCUT2D eigenvalue weighted by Crippen LogP contribution is 2.34. The monoisotopic (exact) mass is 376 g/mol. The Bertz CT molecular complexity index is 654. The lowest BCUT2D eigenvalue weighted by molar-refractivity contribution is 0.102. The first-order chi connectivity index (χ1) is 10.7. The van der Waals surface area contributed by atoms with Gasteiger partial charge in [-0.1, -0.05) is 12.8 Å². The minimum absolute atomic E-state index is 0.148. The third kappa shape index (κ3) is 4.11. The number of hydrogen-bond acceptors (Lipinski definition) is 3. The molecule has 3 rings (SSSR count). The summed E-state index contributed by atoms with van der Waals surface area (Å²) < 4.78 is 0.795. The molecular formula is C17H17BrN2OS. The van der Waals surface area contributed by atoms with E-state index < -0.39 is 0 Å². The topological polar surface area (TPSA) is 42.0 Å². The van der Waals surface area contributed by atoms with Crippen LogP contribution >= 0.6 is 27.7 Å². The fourth-order valence-electron chi connectivity index (χ4n) is 2.55. The normalized spacial score (nSPS) is 15.0. The molecule has 1 aromatic carbocycles. The molecule has 1 fully saturated rings. The molecule has 0 atom stereocenters. The van der Waals surface area contributed by atoms with E-state index in [1.807, 2.05) is 23.9 Å². The number of nitrogens with zero attached hydrogens (tertiary/aromatic N) is 1. The summed E-state index contributed by atoms with van der Waals surface area (Å²) in [6.45, 7) is 0. The van der Waals surface area contributed by atoms with Crippen molar-refractivity contribution in [2.75, 3.05) is 5.32 Å². The zero-order valence-corrected chi connectivity index (χ0v) is 14.5. The molecule has 1 amide bonds. The maximum absolute atomic E-state index is 12.2. The summed E-state index contributed by atoms with van der Waals surface area (Å²) in [6, 6.07) is 9.84. The summed E-state index contributed by atoms with van der Waals surface area (Å²) in [5.41, 5.74) is 1.35. The Balaban J connectivity index is 1.61. The summed E-state index contributed by atoms with van der Waals surface area (Å²) >= 11 is 5.27. The van der Waals surface area contributed by atoms with Crippen LogP contribution < -0.4 is 5.32 Å². The van der Waals surface area contributed by atoms with Crippen LogP contribution in [0.2, 0.25) is 0 Å². The average molecular weight is 377 g/mol. The number of nitrogens with one attached hydrogen (secondary N) is 1. The second-order valence-corrected chi connectivity index (χ2v) is 7.68. The van der Waals surface area contributed by atoms with Crippen LogP contribution in [0, 0.1) is 0 Å². The molecular weight excluding hydrogens is 360 g/mol. The van der Waals surface area contributed by atoms with E-state index in [0.717, 1.165) is 15.4 Å². The highest BCUT2D eigenvalue weighted by molar-refractivity contribution is 9.10. The van der Waals surface area contributed by atoms with Crippen LogP contribution in [0.4, 0.5) is 5.69 Å². The number of rotatable bonds is 4. The number of amides is 1. The fraction of sp³-hybridized carbons (Fsp3) is 0.294. The van der Waals surface area contributed by atoms with Crippen molar-refractivity contribution >= 4 is 39.3 Å². The maximum Gasteiger partial charge on any atom is 0.257 e. The van der Waals surface area contributed by atoms with Gasteiger partial charge in [-0.25, -0.2) is 0 Å². The Hall–Kier alpha value is -1.33. The van der Waals surface area contributed by atoms with Crippen molar-refractivity contribution < 1.29 is 4.79 Å². The highest BCUT2D eigenvalue weighted by Gasteiger charge is 2.16. The van der Waals surface area contributed by atoms with Gasteiger partial charge in [-0.3, -0.25) is 9.78 Å². The van der Waals surface area contributed by atoms with E-state index in [2.05, 4.69) is 38.4 Å². The van der Waals surface area contributed by atoms with Crippen LogP contribution in [0.25, 0.3) is 0 Å². The Morgan fingerprint density at radius 1 is 1.18 bits per heavy atom. The minimum Gasteiger partial charge on any atom is -0.322 e. The van der Waals surface area contributed by atoms with E-state index in [4.69, 9.17) is 0 Å². The Kier molecular flexibility index (Phi) is 5.16. The number of benzene rings is 1. The van der Waals surface area contributed by atoms with Crippen molar-refractivity contribution in [1.29, 1.82) is 0 Å². The lowest BCUT2D eigenvalue weighted by Gasteiger charge is -2.10. The fourth-order valence-corrected chi connectivity index (χ4v) is 4.17. The largest absolute Gasteiger partial charge is 0.322 e. The number of anilines is 1. The van der Waals surface area contributed by atoms with E-state index in [0.29, 0.717) is 5.56 Å². The van der Waals surface area contributed by atoms with Gasteiger partial charge < -0.3 is 5.32 Å². The Morgan fingerprint density at radius 3 is 2.59 bits per heavy atom. The van der Waals surface area contributed by atoms with E-state index in [9.17, 15) is 4.79 Å². The number of hydrogen-bond donors (Lipinski definition) is 1. The molecule has 114 valence electrons. The van der Waals surface area contributed by atoms with Gasteiger partial charge >= 0.3 is 0 Å². The number of halogens is 1. The molecule has 0 radical (unpaired) electrons. The molecule has 0 unspecified atom stereocenters. The van der Waals surface area contributed by atoms with E-state index in [1.54, 1.807) is 18.5 Å². The molecule has 0 spiro atoms. The summed E-state index contributed by atoms with van der Waals surface area (Å²) in [5, 5.41) is 3.65. The molecule has 0 saturated heterocycles. The first-order valence-corrected chi connectivity index (χ1v) is 9.06. The Labute approximate surface area is 143 Å². The van der Waals surface area contributed by atoms with Gasteiger partial charge in [0.25, 0.3) is 5.91 Å². The van der Waals surface area contributed by atoms with Gasteiger partial charge in [0.05, 0.1) is 5.56 Å². The van der Waals surface area contributed by atoms with Crippen LogP contribution in [0.1, 0.15) is 36.0 Å². The molecule has 5 heteroatoms. The summed E-state index contributed by atoms with van der Waals surface area (Å²) in [6.07, 6.45) is 8.56. The Morgan fingerprint density at radius 2 is 1.91 bits per heavy atom. The van der Waals surface area contributed by atoms with E-state index >= 15 is 0 Å². The van der Waals surface area contributed by atoms with Crippen molar-refractivity contribution in [3.63, 3.8) is 0 Å². The number of pyridine rings is 1. The van der Waals surface area contributed by atoms with Gasteiger partial charge in [-0.2, -0.15) is 0 Å². The van der Waals surface area contributed by atoms with E-state index in [1.165, 1.54) is 30.6 Å². The average Bonchev–Trinajstić information content (AvgIpc) is 3.02. The summed E-state index contributed by atoms with van der Waals surface area (Å²) in [4.78, 5) is 17.4. The van der Waals surface area contributed by atoms with Crippen molar-refractivity contribution in [3.05, 3.63) is 52.8 Å². The second-order valence-electron chi connectivity index (χ2n) is 5.39. The number of thioether (sulfide) groups is 1. The number of carbonyl (C=O) groups excluding carboxylic acids is 1. The first kappa shape index (κ1) is 15.6. The van der Waals surface area contributed by atoms with Crippen LogP contribution in [0.5, 0.6) is 0 Å². The van der Waals surface area contributed by atoms with Crippen molar-refractivity contribution in [2.45, 2.75) is 35.8 Å². The van der Waals surface area contributed by atoms with Crippen LogP contribution in [0.15, 0.2) is 52.1 Å². The predicted molar refractivity (Wildman–Crippen MR) is 94.4 cm³/mol. The van der Waals surface area contributed by atoms with Gasteiger partial charge in [-0.05, 0) is 59.1 Å². The van der Waals surface area contributed by atoms with Crippen molar-refractivity contribution in [3.8, 4) is 0 Å². The van der Waals surface area contributed by atoms with Gasteiger partial charge in [0, 0.05) is 32.7 Å². The zero-order chi connectivity index (χ0) is 15.4. The van der Waals surface area contributed by atoms with Crippen molar-refractivity contribution in [1.82, 2.24) is 4.98 Å². The molecule has 3 nitrogen and oxygen atoms in total. The lowest BCUT2D eigenvalue weighted by atomic mass is 10.2. The molecule has 0 aliphatic heterocycles. The molecule has 1 N–H and O–H groups in total. The van der Waals surface area contributed by atoms with Gasteiger partial charge in [0.15, 0.2) is 0 Å². The smallest absolute Gasteiger partial charge is 0.257 e.